The van der Waals surface area contributed by atoms with Gasteiger partial charge in [-0.15, -0.1) is 12.4 Å². The van der Waals surface area contributed by atoms with Crippen molar-refractivity contribution >= 4 is 29.7 Å². The fraction of sp³-hybridized carbons (Fsp3) is 0.250. The van der Waals surface area contributed by atoms with Crippen LogP contribution in [0, 0.1) is 0 Å². The van der Waals surface area contributed by atoms with Crippen LogP contribution in [0.4, 0.5) is 11.4 Å². The number of anilines is 2. The van der Waals surface area contributed by atoms with Gasteiger partial charge >= 0.3 is 0 Å². The molecule has 2 aromatic rings. The summed E-state index contributed by atoms with van der Waals surface area (Å²) in [6, 6.07) is 11.4. The van der Waals surface area contributed by atoms with E-state index in [2.05, 4.69) is 24.1 Å². The first-order chi connectivity index (χ1) is 9.56. The van der Waals surface area contributed by atoms with Gasteiger partial charge in [0.2, 0.25) is 5.91 Å². The third-order valence-corrected chi connectivity index (χ3v) is 3.05. The molecule has 0 unspecified atom stereocenters. The maximum atomic E-state index is 12.1. The van der Waals surface area contributed by atoms with Crippen molar-refractivity contribution in [1.82, 2.24) is 4.98 Å². The van der Waals surface area contributed by atoms with Gasteiger partial charge in [-0.25, -0.2) is 0 Å². The summed E-state index contributed by atoms with van der Waals surface area (Å²) < 4.78 is 0. The fourth-order valence-electron chi connectivity index (χ4n) is 2.01. The molecule has 112 valence electrons. The lowest BCUT2D eigenvalue weighted by Crippen LogP contribution is -2.16. The number of carbonyl (C=O) groups excluding carboxylic acids is 1. The van der Waals surface area contributed by atoms with E-state index < -0.39 is 0 Å². The Hall–Kier alpha value is -2.07. The third-order valence-electron chi connectivity index (χ3n) is 3.05. The van der Waals surface area contributed by atoms with Crippen molar-refractivity contribution in [1.29, 1.82) is 0 Å². The molecular formula is C16H20ClN3O. The molecule has 0 fully saturated rings. The number of benzene rings is 1. The first-order valence-corrected chi connectivity index (χ1v) is 6.65. The Morgan fingerprint density at radius 3 is 2.57 bits per heavy atom. The number of para-hydroxylation sites is 1. The molecule has 0 saturated heterocycles. The lowest BCUT2D eigenvalue weighted by Gasteiger charge is -2.13. The number of nitrogen functional groups attached to an aromatic ring is 1. The molecule has 0 radical (unpaired) electrons. The van der Waals surface area contributed by atoms with Crippen LogP contribution in [0.3, 0.4) is 0 Å². The summed E-state index contributed by atoms with van der Waals surface area (Å²) in [4.78, 5) is 16.2. The molecule has 0 spiro atoms. The Labute approximate surface area is 131 Å². The van der Waals surface area contributed by atoms with Gasteiger partial charge in [0.1, 0.15) is 0 Å². The van der Waals surface area contributed by atoms with Crippen LogP contribution < -0.4 is 11.1 Å². The number of halogens is 1. The van der Waals surface area contributed by atoms with Crippen LogP contribution in [0.15, 0.2) is 42.6 Å². The van der Waals surface area contributed by atoms with E-state index in [9.17, 15) is 4.79 Å². The molecule has 4 nitrogen and oxygen atoms in total. The second kappa shape index (κ2) is 7.64. The van der Waals surface area contributed by atoms with Gasteiger partial charge in [-0.3, -0.25) is 9.78 Å². The molecule has 0 saturated carbocycles. The van der Waals surface area contributed by atoms with E-state index >= 15 is 0 Å². The Balaban J connectivity index is 0.00000220. The van der Waals surface area contributed by atoms with Crippen LogP contribution in [0.25, 0.3) is 0 Å². The Morgan fingerprint density at radius 2 is 1.95 bits per heavy atom. The van der Waals surface area contributed by atoms with Gasteiger partial charge in [-0.2, -0.15) is 0 Å². The number of rotatable bonds is 4. The molecule has 5 heteroatoms. The van der Waals surface area contributed by atoms with Crippen LogP contribution in [0.5, 0.6) is 0 Å². The monoisotopic (exact) mass is 305 g/mol. The molecule has 0 atom stereocenters. The number of hydrogen-bond acceptors (Lipinski definition) is 3. The highest BCUT2D eigenvalue weighted by molar-refractivity contribution is 5.92. The summed E-state index contributed by atoms with van der Waals surface area (Å²) in [5.74, 6) is 0.288. The van der Waals surface area contributed by atoms with E-state index in [0.29, 0.717) is 17.3 Å². The summed E-state index contributed by atoms with van der Waals surface area (Å²) in [6.45, 7) is 4.21. The minimum Gasteiger partial charge on any atom is -0.397 e. The zero-order chi connectivity index (χ0) is 14.5. The number of carbonyl (C=O) groups is 1. The quantitative estimate of drug-likeness (QED) is 0.909. The van der Waals surface area contributed by atoms with Crippen molar-refractivity contribution in [3.63, 3.8) is 0 Å². The number of amides is 1. The minimum atomic E-state index is -0.0737. The molecule has 1 aromatic heterocycles. The van der Waals surface area contributed by atoms with Crippen molar-refractivity contribution in [3.8, 4) is 0 Å². The largest absolute Gasteiger partial charge is 0.397 e. The molecule has 2 rings (SSSR count). The first-order valence-electron chi connectivity index (χ1n) is 6.65. The first kappa shape index (κ1) is 17.0. The average Bonchev–Trinajstić information content (AvgIpc) is 2.41. The van der Waals surface area contributed by atoms with Crippen molar-refractivity contribution in [2.45, 2.75) is 26.2 Å². The molecule has 1 heterocycles. The molecule has 0 aliphatic carbocycles. The third kappa shape index (κ3) is 4.76. The summed E-state index contributed by atoms with van der Waals surface area (Å²) in [7, 11) is 0. The lowest BCUT2D eigenvalue weighted by atomic mass is 10.0. The van der Waals surface area contributed by atoms with E-state index in [1.807, 2.05) is 24.3 Å². The van der Waals surface area contributed by atoms with Gasteiger partial charge in [-0.1, -0.05) is 32.0 Å². The predicted octanol–water partition coefficient (Wildman–Crippen LogP) is 3.39. The zero-order valence-electron chi connectivity index (χ0n) is 12.2. The molecule has 3 N–H and O–H groups in total. The van der Waals surface area contributed by atoms with Crippen LogP contribution in [-0.2, 0) is 11.2 Å². The van der Waals surface area contributed by atoms with Gasteiger partial charge in [0.15, 0.2) is 0 Å². The van der Waals surface area contributed by atoms with E-state index in [-0.39, 0.29) is 24.7 Å². The van der Waals surface area contributed by atoms with Crippen LogP contribution in [-0.4, -0.2) is 10.9 Å². The van der Waals surface area contributed by atoms with Crippen molar-refractivity contribution in [2.24, 2.45) is 0 Å². The van der Waals surface area contributed by atoms with Crippen LogP contribution in [0.1, 0.15) is 31.0 Å². The van der Waals surface area contributed by atoms with Gasteiger partial charge in [0.05, 0.1) is 18.3 Å². The number of hydrogen-bond donors (Lipinski definition) is 2. The van der Waals surface area contributed by atoms with E-state index in [0.717, 1.165) is 11.3 Å². The summed E-state index contributed by atoms with van der Waals surface area (Å²) in [6.07, 6.45) is 1.80. The second-order valence-corrected chi connectivity index (χ2v) is 5.05. The molecule has 1 aromatic carbocycles. The van der Waals surface area contributed by atoms with Gasteiger partial charge in [0.25, 0.3) is 0 Å². The highest BCUT2D eigenvalue weighted by Gasteiger charge is 2.10. The zero-order valence-corrected chi connectivity index (χ0v) is 13.0. The molecule has 0 bridgehead atoms. The van der Waals surface area contributed by atoms with Gasteiger partial charge in [-0.05, 0) is 29.7 Å². The van der Waals surface area contributed by atoms with E-state index in [1.165, 1.54) is 0 Å². The highest BCUT2D eigenvalue weighted by atomic mass is 35.5. The maximum Gasteiger partial charge on any atom is 0.230 e. The standard InChI is InChI=1S/C16H19N3O.ClH/c1-11(2)14-5-3-4-6-15(14)19-16(20)9-13-8-7-12(17)10-18-13;/h3-8,10-11H,9,17H2,1-2H3,(H,19,20);1H. The summed E-state index contributed by atoms with van der Waals surface area (Å²) in [5.41, 5.74) is 8.87. The number of aromatic nitrogens is 1. The molecular weight excluding hydrogens is 286 g/mol. The Kier molecular flexibility index (Phi) is 6.18. The van der Waals surface area contributed by atoms with Crippen LogP contribution >= 0.6 is 12.4 Å². The van der Waals surface area contributed by atoms with Crippen molar-refractivity contribution in [2.75, 3.05) is 11.1 Å². The van der Waals surface area contributed by atoms with Gasteiger partial charge in [0, 0.05) is 11.4 Å². The maximum absolute atomic E-state index is 12.1. The highest BCUT2D eigenvalue weighted by Crippen LogP contribution is 2.23. The number of nitrogens with two attached hydrogens (primary N) is 1. The smallest absolute Gasteiger partial charge is 0.230 e. The SMILES string of the molecule is CC(C)c1ccccc1NC(=O)Cc1ccc(N)cn1.Cl. The number of pyridine rings is 1. The topological polar surface area (TPSA) is 68.0 Å². The van der Waals surface area contributed by atoms with E-state index in [4.69, 9.17) is 5.73 Å². The predicted molar refractivity (Wildman–Crippen MR) is 88.8 cm³/mol. The van der Waals surface area contributed by atoms with Crippen LogP contribution in [0.2, 0.25) is 0 Å². The molecule has 0 aliphatic heterocycles. The van der Waals surface area contributed by atoms with Crippen molar-refractivity contribution < 1.29 is 4.79 Å². The summed E-state index contributed by atoms with van der Waals surface area (Å²) in [5, 5.41) is 2.94. The molecule has 0 aliphatic rings. The van der Waals surface area contributed by atoms with Gasteiger partial charge < -0.3 is 11.1 Å². The Morgan fingerprint density at radius 1 is 1.24 bits per heavy atom. The van der Waals surface area contributed by atoms with Crippen molar-refractivity contribution in [3.05, 3.63) is 53.9 Å². The summed E-state index contributed by atoms with van der Waals surface area (Å²) >= 11 is 0. The number of nitrogens with zero attached hydrogens (tertiary/aromatic N) is 1. The Bertz CT molecular complexity index is 597. The average molecular weight is 306 g/mol. The minimum absolute atomic E-state index is 0. The normalized spacial score (nSPS) is 10.0. The molecule has 1 amide bonds. The number of nitrogens with one attached hydrogen (secondary N) is 1. The van der Waals surface area contributed by atoms with E-state index in [1.54, 1.807) is 18.3 Å². The second-order valence-electron chi connectivity index (χ2n) is 5.05. The lowest BCUT2D eigenvalue weighted by molar-refractivity contribution is -0.115. The fourth-order valence-corrected chi connectivity index (χ4v) is 2.01. The molecule has 21 heavy (non-hydrogen) atoms.